The minimum absolute atomic E-state index is 0.0802. The minimum Gasteiger partial charge on any atom is -0.454 e. The van der Waals surface area contributed by atoms with Crippen molar-refractivity contribution < 1.29 is 22.7 Å². The molecule has 1 amide bonds. The number of hydrogen-bond acceptors (Lipinski definition) is 6. The Labute approximate surface area is 196 Å². The van der Waals surface area contributed by atoms with E-state index in [1.165, 1.54) is 6.92 Å². The topological polar surface area (TPSA) is 84.9 Å². The van der Waals surface area contributed by atoms with Crippen LogP contribution in [0.5, 0.6) is 11.5 Å². The third-order valence-corrected chi connectivity index (χ3v) is 7.94. The van der Waals surface area contributed by atoms with Crippen LogP contribution in [-0.2, 0) is 20.6 Å². The lowest BCUT2D eigenvalue weighted by atomic mass is 10.2. The van der Waals surface area contributed by atoms with E-state index in [-0.39, 0.29) is 19.1 Å². The Morgan fingerprint density at radius 2 is 1.87 bits per heavy atom. The zero-order chi connectivity index (χ0) is 22.4. The first-order valence-electron chi connectivity index (χ1n) is 9.49. The summed E-state index contributed by atoms with van der Waals surface area (Å²) in [7, 11) is -3.67. The third kappa shape index (κ3) is 6.12. The largest absolute Gasteiger partial charge is 0.454 e. The predicted octanol–water partition coefficient (Wildman–Crippen LogP) is 3.93. The van der Waals surface area contributed by atoms with Gasteiger partial charge in [0.1, 0.15) is 6.54 Å². The van der Waals surface area contributed by atoms with Crippen LogP contribution in [0.2, 0.25) is 10.0 Å². The summed E-state index contributed by atoms with van der Waals surface area (Å²) in [6, 6.07) is 10.1. The Bertz CT molecular complexity index is 1030. The molecule has 7 nitrogen and oxygen atoms in total. The van der Waals surface area contributed by atoms with Crippen LogP contribution >= 0.6 is 35.0 Å². The molecule has 11 heteroatoms. The molecule has 2 aromatic carbocycles. The summed E-state index contributed by atoms with van der Waals surface area (Å²) in [5, 5.41) is 3.97. The lowest BCUT2D eigenvalue weighted by Gasteiger charge is -2.23. The molecule has 0 radical (unpaired) electrons. The summed E-state index contributed by atoms with van der Waals surface area (Å²) in [4.78, 5) is 12.4. The highest BCUT2D eigenvalue weighted by Gasteiger charge is 2.25. The summed E-state index contributed by atoms with van der Waals surface area (Å²) in [5.41, 5.74) is 1.20. The predicted molar refractivity (Wildman–Crippen MR) is 125 cm³/mol. The van der Waals surface area contributed by atoms with Gasteiger partial charge < -0.3 is 14.8 Å². The summed E-state index contributed by atoms with van der Waals surface area (Å²) in [6.45, 7) is 1.67. The van der Waals surface area contributed by atoms with Crippen molar-refractivity contribution in [3.05, 3.63) is 52.0 Å². The number of nitrogens with zero attached hydrogens (tertiary/aromatic N) is 1. The highest BCUT2D eigenvalue weighted by molar-refractivity contribution is 7.98. The van der Waals surface area contributed by atoms with Crippen molar-refractivity contribution in [2.24, 2.45) is 0 Å². The van der Waals surface area contributed by atoms with Crippen LogP contribution in [-0.4, -0.2) is 45.7 Å². The van der Waals surface area contributed by atoms with Gasteiger partial charge in [-0.25, -0.2) is 8.42 Å². The SMILES string of the molecule is CCS(=O)(=O)N(CC(=O)NCCSCc1c(Cl)cccc1Cl)c1ccc2c(c1)OCO2. The molecular weight excluding hydrogens is 483 g/mol. The molecule has 0 saturated carbocycles. The van der Waals surface area contributed by atoms with Crippen molar-refractivity contribution >= 4 is 56.6 Å². The maximum Gasteiger partial charge on any atom is 0.240 e. The first kappa shape index (κ1) is 23.8. The van der Waals surface area contributed by atoms with E-state index in [0.717, 1.165) is 9.87 Å². The Morgan fingerprint density at radius 3 is 2.58 bits per heavy atom. The Kier molecular flexibility index (Phi) is 8.21. The normalized spacial score (nSPS) is 12.6. The van der Waals surface area contributed by atoms with Gasteiger partial charge in [0.2, 0.25) is 22.7 Å². The van der Waals surface area contributed by atoms with Crippen LogP contribution in [0.25, 0.3) is 0 Å². The number of carbonyl (C=O) groups excluding carboxylic acids is 1. The number of halogens is 2. The number of anilines is 1. The first-order valence-corrected chi connectivity index (χ1v) is 13.0. The summed E-state index contributed by atoms with van der Waals surface area (Å²) < 4.78 is 36.8. The van der Waals surface area contributed by atoms with Gasteiger partial charge in [0.05, 0.1) is 11.4 Å². The number of hydrogen-bond donors (Lipinski definition) is 1. The van der Waals surface area contributed by atoms with Gasteiger partial charge in [0, 0.05) is 34.2 Å². The van der Waals surface area contributed by atoms with Gasteiger partial charge in [0.25, 0.3) is 0 Å². The molecule has 0 fully saturated rings. The molecule has 0 bridgehead atoms. The van der Waals surface area contributed by atoms with E-state index < -0.39 is 15.9 Å². The summed E-state index contributed by atoms with van der Waals surface area (Å²) >= 11 is 13.9. The van der Waals surface area contributed by atoms with E-state index >= 15 is 0 Å². The number of benzene rings is 2. The van der Waals surface area contributed by atoms with Gasteiger partial charge in [0.15, 0.2) is 11.5 Å². The average Bonchev–Trinajstić information content (AvgIpc) is 3.21. The highest BCUT2D eigenvalue weighted by Crippen LogP contribution is 2.36. The lowest BCUT2D eigenvalue weighted by Crippen LogP contribution is -2.42. The Balaban J connectivity index is 1.55. The molecule has 2 aromatic rings. The van der Waals surface area contributed by atoms with Gasteiger partial charge in [-0.2, -0.15) is 11.8 Å². The van der Waals surface area contributed by atoms with Crippen molar-refractivity contribution in [2.45, 2.75) is 12.7 Å². The highest BCUT2D eigenvalue weighted by atomic mass is 35.5. The molecule has 1 aliphatic rings. The molecular formula is C20H22Cl2N2O5S2. The van der Waals surface area contributed by atoms with Gasteiger partial charge >= 0.3 is 0 Å². The van der Waals surface area contributed by atoms with E-state index in [1.807, 2.05) is 0 Å². The standard InChI is InChI=1S/C20H22Cl2N2O5S2/c1-2-31(26,27)24(14-6-7-18-19(10-14)29-13-28-18)11-20(25)23-8-9-30-12-15-16(21)4-3-5-17(15)22/h3-7,10H,2,8-9,11-13H2,1H3,(H,23,25). The molecule has 0 atom stereocenters. The van der Waals surface area contributed by atoms with Crippen molar-refractivity contribution in [3.8, 4) is 11.5 Å². The maximum absolute atomic E-state index is 12.6. The van der Waals surface area contributed by atoms with Crippen LogP contribution < -0.4 is 19.1 Å². The second-order valence-electron chi connectivity index (χ2n) is 6.55. The average molecular weight is 505 g/mol. The summed E-state index contributed by atoms with van der Waals surface area (Å²) in [6.07, 6.45) is 0. The van der Waals surface area contributed by atoms with Crippen LogP contribution in [0.15, 0.2) is 36.4 Å². The Hall–Kier alpha value is -1.81. The number of thioether (sulfide) groups is 1. The molecule has 168 valence electrons. The van der Waals surface area contributed by atoms with Gasteiger partial charge in [-0.15, -0.1) is 0 Å². The number of rotatable bonds is 10. The van der Waals surface area contributed by atoms with Crippen LogP contribution in [0, 0.1) is 0 Å². The zero-order valence-corrected chi connectivity index (χ0v) is 19.9. The molecule has 0 spiro atoms. The van der Waals surface area contributed by atoms with Crippen molar-refractivity contribution in [3.63, 3.8) is 0 Å². The molecule has 0 aromatic heterocycles. The molecule has 1 heterocycles. The van der Waals surface area contributed by atoms with E-state index in [2.05, 4.69) is 5.32 Å². The molecule has 0 aliphatic carbocycles. The van der Waals surface area contributed by atoms with E-state index in [9.17, 15) is 13.2 Å². The zero-order valence-electron chi connectivity index (χ0n) is 16.8. The van der Waals surface area contributed by atoms with Gasteiger partial charge in [-0.1, -0.05) is 29.3 Å². The number of carbonyl (C=O) groups is 1. The number of amides is 1. The molecule has 1 aliphatic heterocycles. The molecule has 0 unspecified atom stereocenters. The van der Waals surface area contributed by atoms with E-state index in [0.29, 0.717) is 45.3 Å². The van der Waals surface area contributed by atoms with Crippen molar-refractivity contribution in [2.75, 3.05) is 35.7 Å². The first-order chi connectivity index (χ1) is 14.8. The van der Waals surface area contributed by atoms with Crippen LogP contribution in [0.4, 0.5) is 5.69 Å². The molecule has 31 heavy (non-hydrogen) atoms. The second-order valence-corrected chi connectivity index (χ2v) is 10.6. The lowest BCUT2D eigenvalue weighted by molar-refractivity contribution is -0.119. The fraction of sp³-hybridized carbons (Fsp3) is 0.350. The smallest absolute Gasteiger partial charge is 0.240 e. The quantitative estimate of drug-likeness (QED) is 0.493. The van der Waals surface area contributed by atoms with Crippen molar-refractivity contribution in [1.29, 1.82) is 0 Å². The van der Waals surface area contributed by atoms with Crippen LogP contribution in [0.3, 0.4) is 0 Å². The molecule has 1 N–H and O–H groups in total. The fourth-order valence-corrected chi connectivity index (χ4v) is 5.50. The third-order valence-electron chi connectivity index (χ3n) is 4.51. The molecule has 3 rings (SSSR count). The monoisotopic (exact) mass is 504 g/mol. The van der Waals surface area contributed by atoms with Gasteiger partial charge in [-0.3, -0.25) is 9.10 Å². The van der Waals surface area contributed by atoms with E-state index in [1.54, 1.807) is 48.2 Å². The number of ether oxygens (including phenoxy) is 2. The molecule has 0 saturated heterocycles. The number of nitrogens with one attached hydrogen (secondary N) is 1. The van der Waals surface area contributed by atoms with Gasteiger partial charge in [-0.05, 0) is 36.8 Å². The van der Waals surface area contributed by atoms with Crippen molar-refractivity contribution in [1.82, 2.24) is 5.32 Å². The number of sulfonamides is 1. The van der Waals surface area contributed by atoms with E-state index in [4.69, 9.17) is 32.7 Å². The summed E-state index contributed by atoms with van der Waals surface area (Å²) in [5.74, 6) is 1.69. The number of fused-ring (bicyclic) bond motifs is 1. The minimum atomic E-state index is -3.67. The fourth-order valence-electron chi connectivity index (χ4n) is 2.84. The maximum atomic E-state index is 12.6. The Morgan fingerprint density at radius 1 is 1.16 bits per heavy atom. The second kappa shape index (κ2) is 10.7. The van der Waals surface area contributed by atoms with Crippen LogP contribution in [0.1, 0.15) is 12.5 Å².